The molecule has 0 aromatic heterocycles. The minimum absolute atomic E-state index is 0.468. The van der Waals surface area contributed by atoms with Crippen LogP contribution in [0.1, 0.15) is 97.0 Å². The van der Waals surface area contributed by atoms with Gasteiger partial charge in [0.05, 0.1) is 12.7 Å². The van der Waals surface area contributed by atoms with Crippen molar-refractivity contribution in [3.8, 4) is 5.75 Å². The Morgan fingerprint density at radius 2 is 1.59 bits per heavy atom. The van der Waals surface area contributed by atoms with Crippen molar-refractivity contribution in [1.82, 2.24) is 0 Å². The van der Waals surface area contributed by atoms with Crippen molar-refractivity contribution < 1.29 is 9.47 Å². The molecule has 0 amide bonds. The number of benzene rings is 1. The Kier molecular flexibility index (Phi) is 14.8. The zero-order chi connectivity index (χ0) is 19.6. The van der Waals surface area contributed by atoms with E-state index in [0.29, 0.717) is 6.10 Å². The predicted molar refractivity (Wildman–Crippen MR) is 119 cm³/mol. The van der Waals surface area contributed by atoms with Gasteiger partial charge in [0.2, 0.25) is 0 Å². The van der Waals surface area contributed by atoms with E-state index in [1.54, 1.807) is 0 Å². The lowest BCUT2D eigenvalue weighted by Crippen LogP contribution is -2.12. The summed E-state index contributed by atoms with van der Waals surface area (Å²) in [6.07, 6.45) is 18.4. The molecule has 154 valence electrons. The van der Waals surface area contributed by atoms with Crippen LogP contribution in [-0.4, -0.2) is 19.3 Å². The second-order valence-electron chi connectivity index (χ2n) is 7.42. The van der Waals surface area contributed by atoms with Crippen LogP contribution in [0.4, 0.5) is 0 Å². The number of ether oxygens (including phenoxy) is 2. The first-order valence-corrected chi connectivity index (χ1v) is 11.3. The van der Waals surface area contributed by atoms with Crippen molar-refractivity contribution >= 4 is 6.08 Å². The van der Waals surface area contributed by atoms with Crippen LogP contribution < -0.4 is 4.74 Å². The lowest BCUT2D eigenvalue weighted by Gasteiger charge is -2.15. The van der Waals surface area contributed by atoms with Gasteiger partial charge < -0.3 is 9.47 Å². The van der Waals surface area contributed by atoms with Crippen molar-refractivity contribution in [2.24, 2.45) is 0 Å². The zero-order valence-corrected chi connectivity index (χ0v) is 18.1. The van der Waals surface area contributed by atoms with Gasteiger partial charge in [0.15, 0.2) is 0 Å². The normalized spacial score (nSPS) is 12.6. The van der Waals surface area contributed by atoms with Crippen LogP contribution in [0.5, 0.6) is 5.75 Å². The van der Waals surface area contributed by atoms with E-state index in [1.807, 2.05) is 0 Å². The van der Waals surface area contributed by atoms with Gasteiger partial charge in [0, 0.05) is 6.61 Å². The Balaban J connectivity index is 2.09. The van der Waals surface area contributed by atoms with Crippen LogP contribution >= 0.6 is 0 Å². The lowest BCUT2D eigenvalue weighted by molar-refractivity contribution is 0.0409. The molecule has 0 heterocycles. The lowest BCUT2D eigenvalue weighted by atomic mass is 10.1. The van der Waals surface area contributed by atoms with E-state index in [4.69, 9.17) is 9.47 Å². The first kappa shape index (κ1) is 23.8. The van der Waals surface area contributed by atoms with E-state index < -0.39 is 0 Å². The van der Waals surface area contributed by atoms with Crippen LogP contribution in [0.3, 0.4) is 0 Å². The van der Waals surface area contributed by atoms with Crippen LogP contribution in [-0.2, 0) is 4.74 Å². The third-order valence-electron chi connectivity index (χ3n) is 4.91. The van der Waals surface area contributed by atoms with Gasteiger partial charge in [-0.15, -0.1) is 0 Å². The maximum atomic E-state index is 6.00. The highest BCUT2D eigenvalue weighted by Gasteiger charge is 2.05. The monoisotopic (exact) mass is 374 g/mol. The highest BCUT2D eigenvalue weighted by atomic mass is 16.5. The smallest absolute Gasteiger partial charge is 0.119 e. The molecule has 1 unspecified atom stereocenters. The number of hydrogen-bond donors (Lipinski definition) is 0. The molecule has 0 fully saturated rings. The average Bonchev–Trinajstić information content (AvgIpc) is 2.70. The van der Waals surface area contributed by atoms with Crippen LogP contribution in [0.15, 0.2) is 30.3 Å². The molecular weight excluding hydrogens is 332 g/mol. The van der Waals surface area contributed by atoms with Gasteiger partial charge in [-0.25, -0.2) is 0 Å². The average molecular weight is 375 g/mol. The summed E-state index contributed by atoms with van der Waals surface area (Å²) in [7, 11) is 0. The van der Waals surface area contributed by atoms with Crippen molar-refractivity contribution in [2.45, 2.75) is 97.5 Å². The van der Waals surface area contributed by atoms with Crippen LogP contribution in [0, 0.1) is 0 Å². The summed E-state index contributed by atoms with van der Waals surface area (Å²) in [5, 5.41) is 0. The van der Waals surface area contributed by atoms with E-state index in [-0.39, 0.29) is 0 Å². The molecule has 0 aliphatic heterocycles. The SMILES string of the molecule is CCCCCOC(CC)CCCCC/C=C/c1ccc(OCCCC)cc1. The highest BCUT2D eigenvalue weighted by molar-refractivity contribution is 5.50. The third kappa shape index (κ3) is 12.7. The van der Waals surface area contributed by atoms with E-state index in [1.165, 1.54) is 56.9 Å². The van der Waals surface area contributed by atoms with E-state index >= 15 is 0 Å². The largest absolute Gasteiger partial charge is 0.494 e. The fraction of sp³-hybridized carbons (Fsp3) is 0.680. The Hall–Kier alpha value is -1.28. The quantitative estimate of drug-likeness (QED) is 0.259. The molecule has 0 bridgehead atoms. The highest BCUT2D eigenvalue weighted by Crippen LogP contribution is 2.15. The topological polar surface area (TPSA) is 18.5 Å². The molecule has 0 radical (unpaired) electrons. The molecule has 27 heavy (non-hydrogen) atoms. The van der Waals surface area contributed by atoms with Crippen molar-refractivity contribution in [3.05, 3.63) is 35.9 Å². The number of allylic oxidation sites excluding steroid dienone is 1. The summed E-state index contributed by atoms with van der Waals surface area (Å²) in [5.41, 5.74) is 1.25. The van der Waals surface area contributed by atoms with Gasteiger partial charge in [-0.2, -0.15) is 0 Å². The molecule has 0 spiro atoms. The van der Waals surface area contributed by atoms with Crippen molar-refractivity contribution in [2.75, 3.05) is 13.2 Å². The predicted octanol–water partition coefficient (Wildman–Crippen LogP) is 7.81. The summed E-state index contributed by atoms with van der Waals surface area (Å²) >= 11 is 0. The second kappa shape index (κ2) is 16.9. The molecule has 0 saturated carbocycles. The maximum Gasteiger partial charge on any atom is 0.119 e. The molecule has 2 nitrogen and oxygen atoms in total. The summed E-state index contributed by atoms with van der Waals surface area (Å²) in [5.74, 6) is 0.975. The van der Waals surface area contributed by atoms with Crippen molar-refractivity contribution in [3.63, 3.8) is 0 Å². The van der Waals surface area contributed by atoms with Gasteiger partial charge >= 0.3 is 0 Å². The van der Waals surface area contributed by atoms with Gasteiger partial charge in [-0.3, -0.25) is 0 Å². The molecule has 0 aliphatic rings. The van der Waals surface area contributed by atoms with Gasteiger partial charge in [0.25, 0.3) is 0 Å². The molecule has 1 rings (SSSR count). The standard InChI is InChI=1S/C25H42O2/c1-4-7-14-22-26-24(6-3)16-13-11-9-10-12-15-23-17-19-25(20-18-23)27-21-8-5-2/h12,15,17-20,24H,4-11,13-14,16,21-22H2,1-3H3/b15-12+. The number of hydrogen-bond acceptors (Lipinski definition) is 2. The summed E-state index contributed by atoms with van der Waals surface area (Å²) in [4.78, 5) is 0. The first-order chi connectivity index (χ1) is 13.3. The minimum atomic E-state index is 0.468. The summed E-state index contributed by atoms with van der Waals surface area (Å²) in [6, 6.07) is 8.42. The second-order valence-corrected chi connectivity index (χ2v) is 7.42. The molecule has 1 aromatic rings. The maximum absolute atomic E-state index is 6.00. The van der Waals surface area contributed by atoms with Crippen LogP contribution in [0.2, 0.25) is 0 Å². The summed E-state index contributed by atoms with van der Waals surface area (Å²) in [6.45, 7) is 8.42. The van der Waals surface area contributed by atoms with E-state index in [9.17, 15) is 0 Å². The van der Waals surface area contributed by atoms with Crippen molar-refractivity contribution in [1.29, 1.82) is 0 Å². The third-order valence-corrected chi connectivity index (χ3v) is 4.91. The number of unbranched alkanes of at least 4 members (excludes halogenated alkanes) is 6. The fourth-order valence-corrected chi connectivity index (χ4v) is 3.05. The Labute approximate surface area is 168 Å². The molecule has 0 N–H and O–H groups in total. The molecule has 0 saturated heterocycles. The minimum Gasteiger partial charge on any atom is -0.494 e. The molecular formula is C25H42O2. The Bertz CT molecular complexity index is 464. The summed E-state index contributed by atoms with van der Waals surface area (Å²) < 4.78 is 11.7. The van der Waals surface area contributed by atoms with Gasteiger partial charge in [0.1, 0.15) is 5.75 Å². The van der Waals surface area contributed by atoms with E-state index in [2.05, 4.69) is 57.2 Å². The molecule has 1 aromatic carbocycles. The van der Waals surface area contributed by atoms with Crippen LogP contribution in [0.25, 0.3) is 6.08 Å². The fourth-order valence-electron chi connectivity index (χ4n) is 3.05. The molecule has 0 aliphatic carbocycles. The first-order valence-electron chi connectivity index (χ1n) is 11.3. The zero-order valence-electron chi connectivity index (χ0n) is 18.1. The number of rotatable bonds is 17. The Morgan fingerprint density at radius 1 is 0.815 bits per heavy atom. The van der Waals surface area contributed by atoms with Gasteiger partial charge in [-0.1, -0.05) is 77.2 Å². The molecule has 2 heteroatoms. The Morgan fingerprint density at radius 3 is 2.30 bits per heavy atom. The van der Waals surface area contributed by atoms with E-state index in [0.717, 1.165) is 38.2 Å². The molecule has 1 atom stereocenters. The van der Waals surface area contributed by atoms with Gasteiger partial charge in [-0.05, 0) is 56.2 Å².